The van der Waals surface area contributed by atoms with Gasteiger partial charge in [-0.25, -0.2) is 9.13 Å². The summed E-state index contributed by atoms with van der Waals surface area (Å²) in [7, 11) is -9.18. The summed E-state index contributed by atoms with van der Waals surface area (Å²) in [5.41, 5.74) is 0. The van der Waals surface area contributed by atoms with Crippen molar-refractivity contribution in [1.29, 1.82) is 0 Å². The van der Waals surface area contributed by atoms with Gasteiger partial charge in [-0.3, -0.25) is 13.9 Å². The molecule has 0 saturated heterocycles. The lowest BCUT2D eigenvalue weighted by molar-refractivity contribution is 0.0290. The third-order valence-corrected chi connectivity index (χ3v) is 2.17. The molecule has 0 spiro atoms. The third kappa shape index (κ3) is 10.5. The minimum absolute atomic E-state index is 0.250. The molecule has 92 valence electrons. The summed E-state index contributed by atoms with van der Waals surface area (Å²) >= 11 is 0. The SMILES string of the molecule is CCN(COP(=O)(O)O)COP(=O)(O)O. The number of phosphoric ester groups is 2. The van der Waals surface area contributed by atoms with Crippen LogP contribution in [0.25, 0.3) is 0 Å². The molecule has 0 bridgehead atoms. The Kier molecular flexibility index (Phi) is 6.12. The largest absolute Gasteiger partial charge is 0.470 e. The van der Waals surface area contributed by atoms with Crippen molar-refractivity contribution in [2.45, 2.75) is 6.92 Å². The van der Waals surface area contributed by atoms with Crippen LogP contribution in [0.15, 0.2) is 0 Å². The van der Waals surface area contributed by atoms with Crippen molar-refractivity contribution >= 4 is 15.6 Å². The van der Waals surface area contributed by atoms with Crippen molar-refractivity contribution in [3.8, 4) is 0 Å². The molecule has 9 nitrogen and oxygen atoms in total. The number of hydrogen-bond acceptors (Lipinski definition) is 5. The fraction of sp³-hybridized carbons (Fsp3) is 1.00. The van der Waals surface area contributed by atoms with E-state index < -0.39 is 29.1 Å². The lowest BCUT2D eigenvalue weighted by atomic mass is 10.7. The van der Waals surface area contributed by atoms with Gasteiger partial charge in [0.1, 0.15) is 13.5 Å². The van der Waals surface area contributed by atoms with Crippen molar-refractivity contribution in [2.24, 2.45) is 0 Å². The van der Waals surface area contributed by atoms with Crippen LogP contribution in [-0.2, 0) is 18.2 Å². The normalized spacial score (nSPS) is 13.5. The smallest absolute Gasteiger partial charge is 0.303 e. The van der Waals surface area contributed by atoms with Gasteiger partial charge in [0.05, 0.1) is 0 Å². The van der Waals surface area contributed by atoms with E-state index in [-0.39, 0.29) is 6.54 Å². The van der Waals surface area contributed by atoms with Gasteiger partial charge in [0.25, 0.3) is 0 Å². The fourth-order valence-electron chi connectivity index (χ4n) is 0.534. The minimum Gasteiger partial charge on any atom is -0.303 e. The second-order valence-corrected chi connectivity index (χ2v) is 4.96. The molecule has 0 rings (SSSR count). The maximum absolute atomic E-state index is 10.3. The van der Waals surface area contributed by atoms with E-state index in [1.807, 2.05) is 0 Å². The van der Waals surface area contributed by atoms with Crippen LogP contribution in [0.5, 0.6) is 0 Å². The van der Waals surface area contributed by atoms with E-state index in [2.05, 4.69) is 9.05 Å². The summed E-state index contributed by atoms with van der Waals surface area (Å²) < 4.78 is 28.8. The minimum atomic E-state index is -4.59. The summed E-state index contributed by atoms with van der Waals surface area (Å²) in [6.45, 7) is 0.883. The molecule has 0 aliphatic carbocycles. The van der Waals surface area contributed by atoms with Gasteiger partial charge >= 0.3 is 15.6 Å². The monoisotopic (exact) mass is 265 g/mol. The Hall–Kier alpha value is 0.180. The number of phosphoric acid groups is 2. The van der Waals surface area contributed by atoms with Gasteiger partial charge in [0.2, 0.25) is 0 Å². The van der Waals surface area contributed by atoms with Gasteiger partial charge in [-0.15, -0.1) is 0 Å². The highest BCUT2D eigenvalue weighted by atomic mass is 31.2. The Morgan fingerprint density at radius 3 is 1.53 bits per heavy atom. The van der Waals surface area contributed by atoms with Gasteiger partial charge in [-0.2, -0.15) is 0 Å². The molecule has 15 heavy (non-hydrogen) atoms. The average Bonchev–Trinajstić information content (AvgIpc) is 2.00. The first-order valence-corrected chi connectivity index (χ1v) is 6.82. The molecule has 0 aromatic heterocycles. The molecule has 0 fully saturated rings. The first kappa shape index (κ1) is 15.2. The first-order chi connectivity index (χ1) is 6.64. The molecule has 0 unspecified atom stereocenters. The van der Waals surface area contributed by atoms with E-state index >= 15 is 0 Å². The molecular weight excluding hydrogens is 252 g/mol. The van der Waals surface area contributed by atoms with E-state index in [0.29, 0.717) is 0 Å². The van der Waals surface area contributed by atoms with Crippen molar-refractivity contribution in [3.63, 3.8) is 0 Å². The Morgan fingerprint density at radius 1 is 1.00 bits per heavy atom. The number of rotatable bonds is 7. The van der Waals surface area contributed by atoms with Crippen LogP contribution in [-0.4, -0.2) is 44.5 Å². The first-order valence-electron chi connectivity index (χ1n) is 3.76. The zero-order chi connectivity index (χ0) is 12.1. The molecule has 0 amide bonds. The van der Waals surface area contributed by atoms with Crippen LogP contribution < -0.4 is 0 Å². The Labute approximate surface area is 86.1 Å². The lowest BCUT2D eigenvalue weighted by Gasteiger charge is -2.20. The van der Waals surface area contributed by atoms with Gasteiger partial charge in [-0.05, 0) is 6.54 Å². The predicted molar refractivity (Wildman–Crippen MR) is 48.4 cm³/mol. The van der Waals surface area contributed by atoms with Crippen LogP contribution in [0.4, 0.5) is 0 Å². The molecule has 0 aromatic carbocycles. The molecule has 0 aliphatic rings. The van der Waals surface area contributed by atoms with Gasteiger partial charge in [0, 0.05) is 0 Å². The van der Waals surface area contributed by atoms with Crippen LogP contribution in [0, 0.1) is 0 Å². The van der Waals surface area contributed by atoms with E-state index in [9.17, 15) is 9.13 Å². The van der Waals surface area contributed by atoms with Gasteiger partial charge in [-0.1, -0.05) is 6.92 Å². The highest BCUT2D eigenvalue weighted by molar-refractivity contribution is 7.46. The summed E-state index contributed by atoms with van der Waals surface area (Å²) in [5, 5.41) is 0. The highest BCUT2D eigenvalue weighted by Gasteiger charge is 2.19. The molecular formula is C4H13NO8P2. The molecule has 0 radical (unpaired) electrons. The number of nitrogens with zero attached hydrogens (tertiary/aromatic N) is 1. The Bertz CT molecular complexity index is 244. The van der Waals surface area contributed by atoms with Crippen LogP contribution in [0.2, 0.25) is 0 Å². The second kappa shape index (κ2) is 6.05. The van der Waals surface area contributed by atoms with Crippen LogP contribution >= 0.6 is 15.6 Å². The zero-order valence-corrected chi connectivity index (χ0v) is 9.67. The van der Waals surface area contributed by atoms with E-state index in [1.54, 1.807) is 6.92 Å². The summed E-state index contributed by atoms with van der Waals surface area (Å²) in [4.78, 5) is 34.6. The van der Waals surface area contributed by atoms with E-state index in [0.717, 1.165) is 4.90 Å². The van der Waals surface area contributed by atoms with Crippen molar-refractivity contribution < 1.29 is 37.8 Å². The fourth-order valence-corrected chi connectivity index (χ4v) is 1.16. The lowest BCUT2D eigenvalue weighted by Crippen LogP contribution is -2.27. The molecule has 0 heterocycles. The quantitative estimate of drug-likeness (QED) is 0.352. The summed E-state index contributed by atoms with van der Waals surface area (Å²) in [6, 6.07) is 0. The van der Waals surface area contributed by atoms with Crippen LogP contribution in [0.3, 0.4) is 0 Å². The second-order valence-electron chi connectivity index (χ2n) is 2.48. The summed E-state index contributed by atoms with van der Waals surface area (Å²) in [5.74, 6) is 0. The van der Waals surface area contributed by atoms with Crippen LogP contribution in [0.1, 0.15) is 6.92 Å². The molecule has 4 N–H and O–H groups in total. The van der Waals surface area contributed by atoms with Crippen molar-refractivity contribution in [1.82, 2.24) is 4.90 Å². The average molecular weight is 265 g/mol. The molecule has 11 heteroatoms. The maximum atomic E-state index is 10.3. The Morgan fingerprint density at radius 2 is 1.33 bits per heavy atom. The Balaban J connectivity index is 3.95. The van der Waals surface area contributed by atoms with Crippen molar-refractivity contribution in [3.05, 3.63) is 0 Å². The van der Waals surface area contributed by atoms with Crippen molar-refractivity contribution in [2.75, 3.05) is 20.0 Å². The molecule has 0 aromatic rings. The van der Waals surface area contributed by atoms with Gasteiger partial charge in [0.15, 0.2) is 0 Å². The summed E-state index contributed by atoms with van der Waals surface area (Å²) in [6.07, 6.45) is 0. The third-order valence-electron chi connectivity index (χ3n) is 1.26. The maximum Gasteiger partial charge on any atom is 0.470 e. The molecule has 0 aliphatic heterocycles. The highest BCUT2D eigenvalue weighted by Crippen LogP contribution is 2.37. The topological polar surface area (TPSA) is 137 Å². The molecule has 0 saturated carbocycles. The number of hydrogen-bond donors (Lipinski definition) is 4. The van der Waals surface area contributed by atoms with E-state index in [1.165, 1.54) is 0 Å². The predicted octanol–water partition coefficient (Wildman–Crippen LogP) is -0.558. The molecule has 0 atom stereocenters. The zero-order valence-electron chi connectivity index (χ0n) is 7.88. The van der Waals surface area contributed by atoms with Gasteiger partial charge < -0.3 is 19.6 Å². The van der Waals surface area contributed by atoms with E-state index in [4.69, 9.17) is 19.6 Å². The standard InChI is InChI=1S/C4H13NO8P2/c1-2-5(3-12-14(6,7)8)4-13-15(9,10)11/h2-4H2,1H3,(H2,6,7,8)(H2,9,10,11).